The summed E-state index contributed by atoms with van der Waals surface area (Å²) in [6.45, 7) is 5.74. The van der Waals surface area contributed by atoms with Crippen molar-refractivity contribution in [1.82, 2.24) is 20.9 Å². The number of nitrogens with zero attached hydrogens (tertiary/aromatic N) is 1. The van der Waals surface area contributed by atoms with Crippen LogP contribution in [0.25, 0.3) is 0 Å². The van der Waals surface area contributed by atoms with Crippen LogP contribution < -0.4 is 27.0 Å². The Kier molecular flexibility index (Phi) is 12.5. The van der Waals surface area contributed by atoms with Gasteiger partial charge in [0.15, 0.2) is 17.0 Å². The van der Waals surface area contributed by atoms with Gasteiger partial charge in [-0.2, -0.15) is 0 Å². The van der Waals surface area contributed by atoms with Crippen LogP contribution in [0.3, 0.4) is 0 Å². The fraction of sp³-hybridized carbons (Fsp3) is 0.483. The number of thioether (sulfide) groups is 1. The van der Waals surface area contributed by atoms with Crippen molar-refractivity contribution in [1.29, 1.82) is 0 Å². The monoisotopic (exact) mass is 608 g/mol. The number of nitrogens with one attached hydrogen (secondary N) is 4. The molecule has 0 radical (unpaired) electrons. The molecule has 3 amide bonds. The summed E-state index contributed by atoms with van der Waals surface area (Å²) in [6, 6.07) is 7.33. The van der Waals surface area contributed by atoms with Gasteiger partial charge < -0.3 is 31.9 Å². The van der Waals surface area contributed by atoms with Crippen LogP contribution in [-0.2, 0) is 27.3 Å². The van der Waals surface area contributed by atoms with E-state index in [0.717, 1.165) is 17.3 Å². The Morgan fingerprint density at radius 3 is 2.38 bits per heavy atom. The Balaban J connectivity index is 1.51. The van der Waals surface area contributed by atoms with Gasteiger partial charge in [0.1, 0.15) is 11.9 Å². The number of rotatable bonds is 14. The molecule has 13 heteroatoms. The summed E-state index contributed by atoms with van der Waals surface area (Å²) in [7, 11) is 1.82. The number of amides is 3. The predicted molar refractivity (Wildman–Crippen MR) is 158 cm³/mol. The van der Waals surface area contributed by atoms with Crippen LogP contribution in [0.1, 0.15) is 31.4 Å². The summed E-state index contributed by atoms with van der Waals surface area (Å²) in [5.74, 6) is -3.57. The molecule has 3 rings (SSSR count). The van der Waals surface area contributed by atoms with Gasteiger partial charge in [-0.15, -0.1) is 11.8 Å². The number of carbonyl (C=O) groups is 3. The highest BCUT2D eigenvalue weighted by atomic mass is 32.2. The highest BCUT2D eigenvalue weighted by Gasteiger charge is 2.35. The van der Waals surface area contributed by atoms with Gasteiger partial charge in [-0.05, 0) is 48.7 Å². The van der Waals surface area contributed by atoms with Gasteiger partial charge in [0.25, 0.3) is 5.91 Å². The molecule has 2 aromatic carbocycles. The molecular formula is C29H39F3N6O3S. The Morgan fingerprint density at radius 1 is 1.02 bits per heavy atom. The van der Waals surface area contributed by atoms with Crippen molar-refractivity contribution in [2.45, 2.75) is 50.7 Å². The van der Waals surface area contributed by atoms with E-state index in [1.54, 1.807) is 0 Å². The van der Waals surface area contributed by atoms with E-state index in [1.165, 1.54) is 16.7 Å². The van der Waals surface area contributed by atoms with Crippen LogP contribution in [0.15, 0.2) is 36.4 Å². The summed E-state index contributed by atoms with van der Waals surface area (Å²) in [4.78, 5) is 39.9. The van der Waals surface area contributed by atoms with E-state index in [1.807, 2.05) is 45.2 Å². The van der Waals surface area contributed by atoms with Crippen LogP contribution in [0, 0.1) is 23.4 Å². The van der Waals surface area contributed by atoms with E-state index in [4.69, 9.17) is 5.73 Å². The van der Waals surface area contributed by atoms with Crippen molar-refractivity contribution in [3.05, 3.63) is 65.0 Å². The average molecular weight is 609 g/mol. The van der Waals surface area contributed by atoms with Crippen LogP contribution in [-0.4, -0.2) is 72.5 Å². The smallest absolute Gasteiger partial charge is 0.253 e. The van der Waals surface area contributed by atoms with Crippen molar-refractivity contribution < 1.29 is 27.6 Å². The first-order chi connectivity index (χ1) is 20.0. The lowest BCUT2D eigenvalue weighted by molar-refractivity contribution is -0.136. The Labute approximate surface area is 248 Å². The number of carbonyl (C=O) groups excluding carboxylic acids is 3. The quantitative estimate of drug-likeness (QED) is 0.165. The minimum atomic E-state index is -1.29. The van der Waals surface area contributed by atoms with Crippen molar-refractivity contribution in [2.75, 3.05) is 37.8 Å². The Morgan fingerprint density at radius 2 is 1.71 bits per heavy atom. The lowest BCUT2D eigenvalue weighted by Gasteiger charge is -2.25. The first-order valence-corrected chi connectivity index (χ1v) is 14.9. The first-order valence-electron chi connectivity index (χ1n) is 13.9. The van der Waals surface area contributed by atoms with Gasteiger partial charge in [0, 0.05) is 56.1 Å². The lowest BCUT2D eigenvalue weighted by atomic mass is 10.0. The standard InChI is InChI=1S/C29H39F3N6O3S/c1-17(2)26(27(40)35-9-8-34-3)37-21-6-4-18(5-7-21)16-36-28(41)29-38(10-11-42-29)25(39)14-20(33)12-19-13-23(31)24(32)15-22(19)30/h4-7,13,15,17,20,26,29,34,37H,8-12,14,16,33H2,1-3H3,(H,35,40)(H,36,41)/t20?,26?,29-/m0/s1. The molecule has 0 aromatic heterocycles. The van der Waals surface area contributed by atoms with E-state index >= 15 is 0 Å². The van der Waals surface area contributed by atoms with Crippen LogP contribution in [0.4, 0.5) is 18.9 Å². The van der Waals surface area contributed by atoms with Crippen molar-refractivity contribution in [3.8, 4) is 0 Å². The summed E-state index contributed by atoms with van der Waals surface area (Å²) >= 11 is 1.33. The summed E-state index contributed by atoms with van der Waals surface area (Å²) in [6.07, 6.45) is -0.335. The lowest BCUT2D eigenvalue weighted by Crippen LogP contribution is -2.46. The van der Waals surface area contributed by atoms with Gasteiger partial charge in [0.2, 0.25) is 11.8 Å². The zero-order valence-electron chi connectivity index (χ0n) is 24.0. The van der Waals surface area contributed by atoms with Crippen LogP contribution >= 0.6 is 11.8 Å². The molecule has 42 heavy (non-hydrogen) atoms. The first kappa shape index (κ1) is 33.2. The zero-order chi connectivity index (χ0) is 30.8. The largest absolute Gasteiger partial charge is 0.373 e. The highest BCUT2D eigenvalue weighted by Crippen LogP contribution is 2.25. The van der Waals surface area contributed by atoms with Gasteiger partial charge in [-0.1, -0.05) is 26.0 Å². The van der Waals surface area contributed by atoms with E-state index in [9.17, 15) is 27.6 Å². The van der Waals surface area contributed by atoms with Gasteiger partial charge in [0.05, 0.1) is 0 Å². The van der Waals surface area contributed by atoms with Crippen LogP contribution in [0.2, 0.25) is 0 Å². The zero-order valence-corrected chi connectivity index (χ0v) is 24.8. The number of hydrogen-bond acceptors (Lipinski definition) is 7. The Hall–Kier alpha value is -3.29. The second-order valence-electron chi connectivity index (χ2n) is 10.5. The maximum Gasteiger partial charge on any atom is 0.253 e. The minimum Gasteiger partial charge on any atom is -0.373 e. The molecule has 0 spiro atoms. The highest BCUT2D eigenvalue weighted by molar-refractivity contribution is 8.00. The molecule has 1 fully saturated rings. The molecule has 1 heterocycles. The van der Waals surface area contributed by atoms with E-state index < -0.39 is 34.9 Å². The van der Waals surface area contributed by atoms with E-state index in [-0.39, 0.29) is 48.6 Å². The fourth-order valence-corrected chi connectivity index (χ4v) is 5.65. The van der Waals surface area contributed by atoms with Crippen molar-refractivity contribution in [2.24, 2.45) is 11.7 Å². The maximum absolute atomic E-state index is 14.0. The average Bonchev–Trinajstić information content (AvgIpc) is 3.44. The SMILES string of the molecule is CNCCNC(=O)C(Nc1ccc(CNC(=O)[C@@H]2SCCN2C(=O)CC(N)Cc2cc(F)c(F)cc2F)cc1)C(C)C. The number of hydrogen-bond donors (Lipinski definition) is 5. The molecule has 230 valence electrons. The molecule has 6 N–H and O–H groups in total. The third-order valence-corrected chi connectivity index (χ3v) is 8.01. The van der Waals surface area contributed by atoms with Crippen molar-refractivity contribution >= 4 is 35.2 Å². The molecule has 0 aliphatic carbocycles. The van der Waals surface area contributed by atoms with Gasteiger partial charge in [-0.3, -0.25) is 14.4 Å². The molecular weight excluding hydrogens is 569 g/mol. The molecule has 1 aliphatic rings. The maximum atomic E-state index is 14.0. The van der Waals surface area contributed by atoms with Gasteiger partial charge in [-0.25, -0.2) is 13.2 Å². The van der Waals surface area contributed by atoms with Crippen LogP contribution in [0.5, 0.6) is 0 Å². The normalized spacial score (nSPS) is 16.3. The second kappa shape index (κ2) is 15.8. The second-order valence-corrected chi connectivity index (χ2v) is 11.7. The minimum absolute atomic E-state index is 0.0646. The fourth-order valence-electron chi connectivity index (χ4n) is 4.49. The van der Waals surface area contributed by atoms with E-state index in [0.29, 0.717) is 31.5 Å². The third-order valence-electron chi connectivity index (χ3n) is 6.81. The number of anilines is 1. The molecule has 1 aliphatic heterocycles. The number of halogens is 3. The molecule has 3 atom stereocenters. The molecule has 0 bridgehead atoms. The van der Waals surface area contributed by atoms with E-state index in [2.05, 4.69) is 21.3 Å². The third kappa shape index (κ3) is 9.36. The number of likely N-dealkylation sites (N-methyl/N-ethyl adjacent to an activating group) is 1. The molecule has 2 unspecified atom stereocenters. The topological polar surface area (TPSA) is 129 Å². The number of nitrogens with two attached hydrogens (primary N) is 1. The summed E-state index contributed by atoms with van der Waals surface area (Å²) < 4.78 is 40.7. The van der Waals surface area contributed by atoms with Gasteiger partial charge >= 0.3 is 0 Å². The molecule has 0 saturated carbocycles. The Bertz CT molecular complexity index is 1230. The molecule has 2 aromatic rings. The van der Waals surface area contributed by atoms with Crippen molar-refractivity contribution in [3.63, 3.8) is 0 Å². The summed E-state index contributed by atoms with van der Waals surface area (Å²) in [5, 5.41) is 11.3. The predicted octanol–water partition coefficient (Wildman–Crippen LogP) is 2.35. The number of benzene rings is 2. The molecule has 1 saturated heterocycles. The summed E-state index contributed by atoms with van der Waals surface area (Å²) in [5.41, 5.74) is 7.52. The molecule has 9 nitrogen and oxygen atoms in total.